The minimum absolute atomic E-state index is 0.299. The number of hydrogen-bond acceptors (Lipinski definition) is 6. The van der Waals surface area contributed by atoms with Crippen LogP contribution in [0.5, 0.6) is 5.75 Å². The lowest BCUT2D eigenvalue weighted by atomic mass is 10.2. The highest BCUT2D eigenvalue weighted by Gasteiger charge is 2.09. The summed E-state index contributed by atoms with van der Waals surface area (Å²) < 4.78 is 18.8. The summed E-state index contributed by atoms with van der Waals surface area (Å²) in [7, 11) is 1.51. The van der Waals surface area contributed by atoms with Gasteiger partial charge in [-0.1, -0.05) is 17.8 Å². The number of thiophene rings is 1. The van der Waals surface area contributed by atoms with Crippen molar-refractivity contribution in [1.82, 2.24) is 9.97 Å². The topological polar surface area (TPSA) is 61.0 Å². The van der Waals surface area contributed by atoms with Crippen LogP contribution in [0.4, 0.5) is 10.2 Å². The number of benzene rings is 1. The SMILES string of the molecule is COc1ccc(CSc2nc(N)c3ccsc3n2)c(F)c1. The van der Waals surface area contributed by atoms with Crippen LogP contribution in [0.3, 0.4) is 0 Å². The number of hydrogen-bond donors (Lipinski definition) is 1. The molecule has 3 aromatic rings. The number of nitrogens with zero attached hydrogens (tertiary/aromatic N) is 2. The minimum Gasteiger partial charge on any atom is -0.497 e. The standard InChI is InChI=1S/C14H12FN3OS2/c1-19-9-3-2-8(11(15)6-9)7-21-14-17-12(16)10-4-5-20-13(10)18-14/h2-6H,7H2,1H3,(H2,16,17,18). The molecule has 4 nitrogen and oxygen atoms in total. The highest BCUT2D eigenvalue weighted by atomic mass is 32.2. The quantitative estimate of drug-likeness (QED) is 0.586. The maximum atomic E-state index is 13.9. The third-order valence-electron chi connectivity index (χ3n) is 2.95. The normalized spacial score (nSPS) is 11.0. The summed E-state index contributed by atoms with van der Waals surface area (Å²) >= 11 is 2.87. The average molecular weight is 321 g/mol. The maximum absolute atomic E-state index is 13.9. The second-order valence-corrected chi connectivity index (χ2v) is 6.11. The highest BCUT2D eigenvalue weighted by molar-refractivity contribution is 7.98. The van der Waals surface area contributed by atoms with Crippen molar-refractivity contribution in [3.63, 3.8) is 0 Å². The van der Waals surface area contributed by atoms with E-state index >= 15 is 0 Å². The van der Waals surface area contributed by atoms with Gasteiger partial charge in [-0.2, -0.15) is 0 Å². The largest absolute Gasteiger partial charge is 0.497 e. The van der Waals surface area contributed by atoms with Gasteiger partial charge in [0.1, 0.15) is 22.2 Å². The molecule has 0 aliphatic carbocycles. The molecule has 3 rings (SSSR count). The first-order chi connectivity index (χ1) is 10.2. The fourth-order valence-corrected chi connectivity index (χ4v) is 3.50. The zero-order chi connectivity index (χ0) is 14.8. The number of ether oxygens (including phenoxy) is 1. The molecule has 0 saturated carbocycles. The molecule has 0 unspecified atom stereocenters. The molecule has 0 radical (unpaired) electrons. The van der Waals surface area contributed by atoms with Gasteiger partial charge >= 0.3 is 0 Å². The van der Waals surface area contributed by atoms with Crippen molar-refractivity contribution in [2.24, 2.45) is 0 Å². The molecule has 108 valence electrons. The number of thioether (sulfide) groups is 1. The molecule has 0 atom stereocenters. The van der Waals surface area contributed by atoms with Crippen molar-refractivity contribution in [2.45, 2.75) is 10.9 Å². The van der Waals surface area contributed by atoms with E-state index in [0.717, 1.165) is 10.2 Å². The third kappa shape index (κ3) is 2.93. The highest BCUT2D eigenvalue weighted by Crippen LogP contribution is 2.28. The van der Waals surface area contributed by atoms with Crippen LogP contribution in [0, 0.1) is 5.82 Å². The van der Waals surface area contributed by atoms with E-state index in [1.54, 1.807) is 12.1 Å². The van der Waals surface area contributed by atoms with Crippen LogP contribution in [0.25, 0.3) is 10.2 Å². The molecule has 0 spiro atoms. The number of halogens is 1. The van der Waals surface area contributed by atoms with Crippen LogP contribution in [-0.4, -0.2) is 17.1 Å². The summed E-state index contributed by atoms with van der Waals surface area (Å²) in [6.45, 7) is 0. The lowest BCUT2D eigenvalue weighted by Crippen LogP contribution is -1.96. The van der Waals surface area contributed by atoms with Gasteiger partial charge in [-0.15, -0.1) is 11.3 Å². The molecule has 7 heteroatoms. The van der Waals surface area contributed by atoms with Gasteiger partial charge in [0.15, 0.2) is 5.16 Å². The van der Waals surface area contributed by atoms with E-state index in [-0.39, 0.29) is 5.82 Å². The molecule has 21 heavy (non-hydrogen) atoms. The Hall–Kier alpha value is -1.86. The summed E-state index contributed by atoms with van der Waals surface area (Å²) in [6.07, 6.45) is 0. The van der Waals surface area contributed by atoms with E-state index in [1.165, 1.54) is 36.3 Å². The summed E-state index contributed by atoms with van der Waals surface area (Å²) in [5, 5.41) is 3.34. The summed E-state index contributed by atoms with van der Waals surface area (Å²) in [5.41, 5.74) is 6.47. The molecule has 2 N–H and O–H groups in total. The zero-order valence-corrected chi connectivity index (χ0v) is 12.8. The molecule has 0 bridgehead atoms. The van der Waals surface area contributed by atoms with Crippen LogP contribution in [0.1, 0.15) is 5.56 Å². The van der Waals surface area contributed by atoms with Gasteiger partial charge in [-0.25, -0.2) is 14.4 Å². The van der Waals surface area contributed by atoms with Crippen molar-refractivity contribution >= 4 is 39.1 Å². The van der Waals surface area contributed by atoms with Crippen LogP contribution in [-0.2, 0) is 5.75 Å². The molecule has 0 aliphatic rings. The Bertz CT molecular complexity index is 791. The number of methoxy groups -OCH3 is 1. The number of rotatable bonds is 4. The molecule has 1 aromatic carbocycles. The van der Waals surface area contributed by atoms with E-state index in [0.29, 0.717) is 28.0 Å². The lowest BCUT2D eigenvalue weighted by Gasteiger charge is -2.05. The van der Waals surface area contributed by atoms with Gasteiger partial charge in [0.25, 0.3) is 0 Å². The van der Waals surface area contributed by atoms with E-state index in [1.807, 2.05) is 11.4 Å². The molecule has 0 amide bonds. The Morgan fingerprint density at radius 1 is 1.33 bits per heavy atom. The first-order valence-electron chi connectivity index (χ1n) is 6.13. The van der Waals surface area contributed by atoms with Crippen molar-refractivity contribution in [3.05, 3.63) is 41.0 Å². The number of fused-ring (bicyclic) bond motifs is 1. The minimum atomic E-state index is -0.299. The van der Waals surface area contributed by atoms with Crippen molar-refractivity contribution in [2.75, 3.05) is 12.8 Å². The van der Waals surface area contributed by atoms with Gasteiger partial charge in [0.05, 0.1) is 12.5 Å². The summed E-state index contributed by atoms with van der Waals surface area (Å²) in [4.78, 5) is 9.51. The molecular formula is C14H12FN3OS2. The molecule has 0 fully saturated rings. The van der Waals surface area contributed by atoms with Crippen LogP contribution >= 0.6 is 23.1 Å². The fourth-order valence-electron chi connectivity index (χ4n) is 1.84. The van der Waals surface area contributed by atoms with Gasteiger partial charge in [0.2, 0.25) is 0 Å². The molecule has 2 heterocycles. The molecule has 2 aromatic heterocycles. The second-order valence-electron chi connectivity index (χ2n) is 4.28. The van der Waals surface area contributed by atoms with Gasteiger partial charge in [0, 0.05) is 11.8 Å². The molecule has 0 saturated heterocycles. The Morgan fingerprint density at radius 3 is 2.95 bits per heavy atom. The van der Waals surface area contributed by atoms with Gasteiger partial charge in [-0.05, 0) is 23.1 Å². The van der Waals surface area contributed by atoms with Gasteiger partial charge in [-0.3, -0.25) is 0 Å². The van der Waals surface area contributed by atoms with Crippen molar-refractivity contribution in [1.29, 1.82) is 0 Å². The van der Waals surface area contributed by atoms with Gasteiger partial charge < -0.3 is 10.5 Å². The van der Waals surface area contributed by atoms with Crippen LogP contribution < -0.4 is 10.5 Å². The predicted molar refractivity (Wildman–Crippen MR) is 84.3 cm³/mol. The van der Waals surface area contributed by atoms with E-state index in [4.69, 9.17) is 10.5 Å². The molecular weight excluding hydrogens is 309 g/mol. The Balaban J connectivity index is 1.80. The predicted octanol–water partition coefficient (Wildman–Crippen LogP) is 3.71. The first kappa shape index (κ1) is 14.1. The van der Waals surface area contributed by atoms with E-state index in [2.05, 4.69) is 9.97 Å². The van der Waals surface area contributed by atoms with Crippen LogP contribution in [0.2, 0.25) is 0 Å². The second kappa shape index (κ2) is 5.87. The maximum Gasteiger partial charge on any atom is 0.191 e. The summed E-state index contributed by atoms with van der Waals surface area (Å²) in [5.74, 6) is 1.10. The Morgan fingerprint density at radius 2 is 2.19 bits per heavy atom. The number of anilines is 1. The van der Waals surface area contributed by atoms with E-state index in [9.17, 15) is 4.39 Å². The average Bonchev–Trinajstić information content (AvgIpc) is 2.95. The monoisotopic (exact) mass is 321 g/mol. The number of aromatic nitrogens is 2. The van der Waals surface area contributed by atoms with E-state index < -0.39 is 0 Å². The first-order valence-corrected chi connectivity index (χ1v) is 8.00. The number of nitrogen functional groups attached to an aromatic ring is 1. The Labute approximate surface area is 129 Å². The lowest BCUT2D eigenvalue weighted by molar-refractivity contribution is 0.411. The zero-order valence-electron chi connectivity index (χ0n) is 11.2. The Kier molecular flexibility index (Phi) is 3.94. The van der Waals surface area contributed by atoms with Crippen molar-refractivity contribution < 1.29 is 9.13 Å². The van der Waals surface area contributed by atoms with Crippen molar-refractivity contribution in [3.8, 4) is 5.75 Å². The number of nitrogens with two attached hydrogens (primary N) is 1. The fraction of sp³-hybridized carbons (Fsp3) is 0.143. The molecule has 0 aliphatic heterocycles. The third-order valence-corrected chi connectivity index (χ3v) is 4.65. The summed E-state index contributed by atoms with van der Waals surface area (Å²) in [6, 6.07) is 6.70. The smallest absolute Gasteiger partial charge is 0.191 e. The van der Waals surface area contributed by atoms with Crippen LogP contribution in [0.15, 0.2) is 34.8 Å².